The zero-order chi connectivity index (χ0) is 18.7. The monoisotopic (exact) mass is 367 g/mol. The highest BCUT2D eigenvalue weighted by Crippen LogP contribution is 2.31. The van der Waals surface area contributed by atoms with Gasteiger partial charge in [0, 0.05) is 0 Å². The molecule has 0 aliphatic rings. The largest absolute Gasteiger partial charge is 0.455 e. The molecule has 0 aliphatic heterocycles. The van der Waals surface area contributed by atoms with E-state index < -0.39 is 10.0 Å². The minimum atomic E-state index is -3.71. The van der Waals surface area contributed by atoms with E-state index in [1.807, 2.05) is 45.0 Å². The number of para-hydroxylation sites is 2. The Morgan fingerprint density at radius 3 is 2.31 bits per heavy atom. The summed E-state index contributed by atoms with van der Waals surface area (Å²) < 4.78 is 34.0. The molecule has 5 heteroatoms. The Bertz CT molecular complexity index is 1040. The molecular weight excluding hydrogens is 346 g/mol. The van der Waals surface area contributed by atoms with Crippen LogP contribution in [0, 0.1) is 20.8 Å². The highest BCUT2D eigenvalue weighted by Gasteiger charge is 2.17. The second-order valence-electron chi connectivity index (χ2n) is 6.27. The van der Waals surface area contributed by atoms with Crippen molar-refractivity contribution in [1.82, 2.24) is 0 Å². The van der Waals surface area contributed by atoms with Crippen molar-refractivity contribution in [2.24, 2.45) is 0 Å². The minimum Gasteiger partial charge on any atom is -0.455 e. The molecule has 0 fully saturated rings. The Labute approximate surface area is 154 Å². The van der Waals surface area contributed by atoms with Crippen LogP contribution in [0.2, 0.25) is 0 Å². The molecule has 26 heavy (non-hydrogen) atoms. The lowest BCUT2D eigenvalue weighted by atomic mass is 10.1. The van der Waals surface area contributed by atoms with E-state index in [9.17, 15) is 8.42 Å². The topological polar surface area (TPSA) is 55.4 Å². The molecule has 1 N–H and O–H groups in total. The molecule has 0 atom stereocenters. The van der Waals surface area contributed by atoms with Gasteiger partial charge in [0.15, 0.2) is 5.75 Å². The standard InChI is InChI=1S/C21H21NO3S/c1-15-7-6-8-18(13-15)25-21-10-5-4-9-20(21)22-26(23,24)19-12-11-16(2)17(3)14-19/h4-14,22H,1-3H3. The summed E-state index contributed by atoms with van der Waals surface area (Å²) in [6.45, 7) is 5.81. The molecule has 3 aromatic carbocycles. The third kappa shape index (κ3) is 4.06. The molecule has 0 aliphatic carbocycles. The molecule has 0 aromatic heterocycles. The Balaban J connectivity index is 1.91. The molecule has 0 spiro atoms. The van der Waals surface area contributed by atoms with Crippen LogP contribution in [0.1, 0.15) is 16.7 Å². The lowest BCUT2D eigenvalue weighted by molar-refractivity contribution is 0.484. The molecule has 3 rings (SSSR count). The number of hydrogen-bond donors (Lipinski definition) is 1. The van der Waals surface area contributed by atoms with Crippen LogP contribution >= 0.6 is 0 Å². The van der Waals surface area contributed by atoms with Crippen LogP contribution in [0.4, 0.5) is 5.69 Å². The van der Waals surface area contributed by atoms with Crippen molar-refractivity contribution in [3.05, 3.63) is 83.4 Å². The van der Waals surface area contributed by atoms with Crippen molar-refractivity contribution < 1.29 is 13.2 Å². The maximum absolute atomic E-state index is 12.8. The van der Waals surface area contributed by atoms with E-state index in [4.69, 9.17) is 4.74 Å². The average molecular weight is 367 g/mol. The molecule has 0 radical (unpaired) electrons. The predicted molar refractivity (Wildman–Crippen MR) is 104 cm³/mol. The van der Waals surface area contributed by atoms with E-state index in [-0.39, 0.29) is 4.90 Å². The minimum absolute atomic E-state index is 0.228. The van der Waals surface area contributed by atoms with Gasteiger partial charge >= 0.3 is 0 Å². The maximum Gasteiger partial charge on any atom is 0.262 e. The summed E-state index contributed by atoms with van der Waals surface area (Å²) in [5, 5.41) is 0. The van der Waals surface area contributed by atoms with E-state index in [2.05, 4.69) is 4.72 Å². The van der Waals surface area contributed by atoms with E-state index in [0.717, 1.165) is 16.7 Å². The van der Waals surface area contributed by atoms with Crippen LogP contribution in [0.5, 0.6) is 11.5 Å². The number of aryl methyl sites for hydroxylation is 3. The molecule has 4 nitrogen and oxygen atoms in total. The fraction of sp³-hybridized carbons (Fsp3) is 0.143. The summed E-state index contributed by atoms with van der Waals surface area (Å²) in [6, 6.07) is 19.7. The average Bonchev–Trinajstić information content (AvgIpc) is 2.59. The molecule has 134 valence electrons. The zero-order valence-electron chi connectivity index (χ0n) is 15.0. The van der Waals surface area contributed by atoms with Gasteiger partial charge in [0.05, 0.1) is 10.6 Å². The van der Waals surface area contributed by atoms with Crippen LogP contribution < -0.4 is 9.46 Å². The number of benzene rings is 3. The van der Waals surface area contributed by atoms with Crippen LogP contribution in [0.25, 0.3) is 0 Å². The molecular formula is C21H21NO3S. The van der Waals surface area contributed by atoms with Gasteiger partial charge < -0.3 is 4.74 Å². The van der Waals surface area contributed by atoms with E-state index in [1.54, 1.807) is 42.5 Å². The quantitative estimate of drug-likeness (QED) is 0.674. The summed E-state index contributed by atoms with van der Waals surface area (Å²) in [5.74, 6) is 1.10. The van der Waals surface area contributed by atoms with Gasteiger partial charge in [-0.15, -0.1) is 0 Å². The maximum atomic E-state index is 12.8. The summed E-state index contributed by atoms with van der Waals surface area (Å²) in [4.78, 5) is 0.228. The Morgan fingerprint density at radius 1 is 0.808 bits per heavy atom. The molecule has 0 unspecified atom stereocenters. The van der Waals surface area contributed by atoms with E-state index in [0.29, 0.717) is 17.2 Å². The van der Waals surface area contributed by atoms with Crippen molar-refractivity contribution in [2.75, 3.05) is 4.72 Å². The van der Waals surface area contributed by atoms with Crippen LogP contribution in [0.15, 0.2) is 71.6 Å². The third-order valence-electron chi connectivity index (χ3n) is 4.14. The van der Waals surface area contributed by atoms with Crippen molar-refractivity contribution in [1.29, 1.82) is 0 Å². The number of ether oxygens (including phenoxy) is 1. The highest BCUT2D eigenvalue weighted by molar-refractivity contribution is 7.92. The van der Waals surface area contributed by atoms with Gasteiger partial charge in [0.2, 0.25) is 0 Å². The van der Waals surface area contributed by atoms with Crippen molar-refractivity contribution in [3.8, 4) is 11.5 Å². The first kappa shape index (κ1) is 18.0. The van der Waals surface area contributed by atoms with Crippen molar-refractivity contribution in [2.45, 2.75) is 25.7 Å². The van der Waals surface area contributed by atoms with Crippen molar-refractivity contribution >= 4 is 15.7 Å². The fourth-order valence-corrected chi connectivity index (χ4v) is 3.69. The predicted octanol–water partition coefficient (Wildman–Crippen LogP) is 5.20. The summed E-state index contributed by atoms with van der Waals surface area (Å²) in [5.41, 5.74) is 3.44. The summed E-state index contributed by atoms with van der Waals surface area (Å²) >= 11 is 0. The van der Waals surface area contributed by atoms with Gasteiger partial charge in [-0.2, -0.15) is 0 Å². The van der Waals surface area contributed by atoms with Gasteiger partial charge in [-0.3, -0.25) is 4.72 Å². The highest BCUT2D eigenvalue weighted by atomic mass is 32.2. The number of hydrogen-bond acceptors (Lipinski definition) is 3. The van der Waals surface area contributed by atoms with Crippen molar-refractivity contribution in [3.63, 3.8) is 0 Å². The first-order valence-corrected chi connectivity index (χ1v) is 9.77. The van der Waals surface area contributed by atoms with Gasteiger partial charge in [0.25, 0.3) is 10.0 Å². The number of nitrogens with one attached hydrogen (secondary N) is 1. The number of anilines is 1. The molecule has 0 heterocycles. The summed E-state index contributed by atoms with van der Waals surface area (Å²) in [7, 11) is -3.71. The van der Waals surface area contributed by atoms with Crippen LogP contribution in [0.3, 0.4) is 0 Å². The SMILES string of the molecule is Cc1cccc(Oc2ccccc2NS(=O)(=O)c2ccc(C)c(C)c2)c1. The molecule has 0 saturated heterocycles. The first-order chi connectivity index (χ1) is 12.3. The lowest BCUT2D eigenvalue weighted by Crippen LogP contribution is -2.13. The van der Waals surface area contributed by atoms with Crippen LogP contribution in [-0.4, -0.2) is 8.42 Å². The zero-order valence-corrected chi connectivity index (χ0v) is 15.8. The molecule has 3 aromatic rings. The smallest absolute Gasteiger partial charge is 0.262 e. The second-order valence-corrected chi connectivity index (χ2v) is 7.95. The van der Waals surface area contributed by atoms with E-state index in [1.165, 1.54) is 0 Å². The number of rotatable bonds is 5. The van der Waals surface area contributed by atoms with Gasteiger partial charge in [-0.05, 0) is 73.9 Å². The van der Waals surface area contributed by atoms with Gasteiger partial charge in [-0.25, -0.2) is 8.42 Å². The van der Waals surface area contributed by atoms with Gasteiger partial charge in [-0.1, -0.05) is 30.3 Å². The van der Waals surface area contributed by atoms with Gasteiger partial charge in [0.1, 0.15) is 5.75 Å². The first-order valence-electron chi connectivity index (χ1n) is 8.29. The number of sulfonamides is 1. The van der Waals surface area contributed by atoms with E-state index >= 15 is 0 Å². The third-order valence-corrected chi connectivity index (χ3v) is 5.50. The lowest BCUT2D eigenvalue weighted by Gasteiger charge is -2.14. The Kier molecular flexibility index (Phi) is 5.00. The Morgan fingerprint density at radius 2 is 1.58 bits per heavy atom. The molecule has 0 amide bonds. The summed E-state index contributed by atoms with van der Waals surface area (Å²) in [6.07, 6.45) is 0. The molecule has 0 bridgehead atoms. The Hall–Kier alpha value is -2.79. The normalized spacial score (nSPS) is 11.2. The second kappa shape index (κ2) is 7.22. The van der Waals surface area contributed by atoms with Crippen LogP contribution in [-0.2, 0) is 10.0 Å². The fourth-order valence-electron chi connectivity index (χ4n) is 2.53. The molecule has 0 saturated carbocycles.